The summed E-state index contributed by atoms with van der Waals surface area (Å²) in [6, 6.07) is -1.80. The molecule has 0 aromatic heterocycles. The van der Waals surface area contributed by atoms with E-state index in [2.05, 4.69) is 16.9 Å². The van der Waals surface area contributed by atoms with Crippen molar-refractivity contribution in [1.82, 2.24) is 10.6 Å². The number of nitrogens with one attached hydrogen (secondary N) is 2. The number of carboxylic acid groups (broad SMARTS) is 2. The van der Waals surface area contributed by atoms with Gasteiger partial charge in [-0.2, -0.15) is 11.8 Å². The second kappa shape index (κ2) is 19.1. The Labute approximate surface area is 204 Å². The zero-order valence-electron chi connectivity index (χ0n) is 18.0. The van der Waals surface area contributed by atoms with E-state index in [1.54, 1.807) is 21.6 Å². The predicted octanol–water partition coefficient (Wildman–Crippen LogP) is 3.22. The maximum Gasteiger partial charge on any atom is 0.327 e. The molecule has 0 saturated carbocycles. The Kier molecular flexibility index (Phi) is 18.9. The van der Waals surface area contributed by atoms with Crippen molar-refractivity contribution in [2.45, 2.75) is 56.9 Å². The van der Waals surface area contributed by atoms with Crippen molar-refractivity contribution in [3.05, 3.63) is 0 Å². The van der Waals surface area contributed by atoms with Gasteiger partial charge in [0.05, 0.1) is 0 Å². The van der Waals surface area contributed by atoms with Crippen LogP contribution in [-0.4, -0.2) is 80.6 Å². The van der Waals surface area contributed by atoms with Crippen LogP contribution < -0.4 is 10.6 Å². The Bertz CT molecular complexity index is 570. The van der Waals surface area contributed by atoms with Crippen molar-refractivity contribution < 1.29 is 29.4 Å². The molecular weight excluding hydrogens is 501 g/mol. The molecule has 0 aromatic carbocycles. The molecule has 0 rings (SSSR count). The standard InChI is InChI=1S/C18H32N2O6S5/c1-12(21)19-15(17(23)24)10-29-28-9-7-14(6-4-5-8-27-3)31-30-11-16(18(25)26)20-13(2)22/h14-16H,4-11H2,1-3H3,(H,19,21)(H,20,22)(H,23,24)(H,25,26). The van der Waals surface area contributed by atoms with Crippen molar-refractivity contribution in [2.24, 2.45) is 0 Å². The number of unbranched alkanes of at least 4 members (excludes halogenated alkanes) is 1. The van der Waals surface area contributed by atoms with E-state index in [1.165, 1.54) is 35.4 Å². The highest BCUT2D eigenvalue weighted by Gasteiger charge is 2.20. The summed E-state index contributed by atoms with van der Waals surface area (Å²) in [6.45, 7) is 2.60. The minimum absolute atomic E-state index is 0.289. The van der Waals surface area contributed by atoms with E-state index in [9.17, 15) is 24.3 Å². The first-order valence-electron chi connectivity index (χ1n) is 9.68. The summed E-state index contributed by atoms with van der Waals surface area (Å²) in [5.74, 6) is -0.302. The third kappa shape index (κ3) is 17.8. The van der Waals surface area contributed by atoms with Gasteiger partial charge in [0.2, 0.25) is 11.8 Å². The lowest BCUT2D eigenvalue weighted by Gasteiger charge is -2.18. The molecule has 0 spiro atoms. The molecule has 31 heavy (non-hydrogen) atoms. The van der Waals surface area contributed by atoms with Crippen molar-refractivity contribution in [1.29, 1.82) is 0 Å². The smallest absolute Gasteiger partial charge is 0.327 e. The topological polar surface area (TPSA) is 133 Å². The summed E-state index contributed by atoms with van der Waals surface area (Å²) in [5, 5.41) is 23.6. The van der Waals surface area contributed by atoms with Gasteiger partial charge in [0.25, 0.3) is 0 Å². The second-order valence-electron chi connectivity index (χ2n) is 6.57. The van der Waals surface area contributed by atoms with E-state index in [1.807, 2.05) is 11.8 Å². The number of thioether (sulfide) groups is 1. The fraction of sp³-hybridized carbons (Fsp3) is 0.778. The van der Waals surface area contributed by atoms with Crippen molar-refractivity contribution >= 4 is 78.7 Å². The number of carboxylic acids is 2. The van der Waals surface area contributed by atoms with Gasteiger partial charge in [-0.15, -0.1) is 0 Å². The zero-order chi connectivity index (χ0) is 23.6. The maximum atomic E-state index is 11.3. The fourth-order valence-electron chi connectivity index (χ4n) is 2.26. The highest BCUT2D eigenvalue weighted by Crippen LogP contribution is 2.35. The Morgan fingerprint density at radius 3 is 1.81 bits per heavy atom. The molecule has 0 aliphatic rings. The van der Waals surface area contributed by atoms with E-state index in [4.69, 9.17) is 5.11 Å². The van der Waals surface area contributed by atoms with Crippen LogP contribution in [0.15, 0.2) is 0 Å². The average molecular weight is 533 g/mol. The van der Waals surface area contributed by atoms with Crippen LogP contribution in [0.5, 0.6) is 0 Å². The van der Waals surface area contributed by atoms with Crippen LogP contribution in [0.1, 0.15) is 39.5 Å². The van der Waals surface area contributed by atoms with Gasteiger partial charge in [0.1, 0.15) is 12.1 Å². The molecule has 0 aromatic rings. The van der Waals surface area contributed by atoms with Crippen molar-refractivity contribution in [3.8, 4) is 0 Å². The molecule has 8 nitrogen and oxygen atoms in total. The molecule has 0 aliphatic heterocycles. The van der Waals surface area contributed by atoms with E-state index in [0.717, 1.165) is 37.2 Å². The van der Waals surface area contributed by atoms with Gasteiger partial charge in [-0.1, -0.05) is 49.6 Å². The summed E-state index contributed by atoms with van der Waals surface area (Å²) in [5.41, 5.74) is 0. The highest BCUT2D eigenvalue weighted by atomic mass is 33.1. The number of aliphatic carboxylic acids is 2. The Balaban J connectivity index is 4.42. The fourth-order valence-corrected chi connectivity index (χ4v) is 8.10. The predicted molar refractivity (Wildman–Crippen MR) is 136 cm³/mol. The quantitative estimate of drug-likeness (QED) is 0.144. The highest BCUT2D eigenvalue weighted by molar-refractivity contribution is 8.77. The Morgan fingerprint density at radius 1 is 0.774 bits per heavy atom. The summed E-state index contributed by atoms with van der Waals surface area (Å²) >= 11 is 1.81. The molecular formula is C18H32N2O6S5. The summed E-state index contributed by atoms with van der Waals surface area (Å²) in [4.78, 5) is 44.6. The minimum atomic E-state index is -1.05. The van der Waals surface area contributed by atoms with Crippen LogP contribution >= 0.6 is 54.9 Å². The van der Waals surface area contributed by atoms with Crippen molar-refractivity contribution in [2.75, 3.05) is 29.3 Å². The number of carbonyl (C=O) groups excluding carboxylic acids is 2. The Morgan fingerprint density at radius 2 is 1.32 bits per heavy atom. The summed E-state index contributed by atoms with van der Waals surface area (Å²) < 4.78 is 0. The lowest BCUT2D eigenvalue weighted by Crippen LogP contribution is -2.41. The number of carbonyl (C=O) groups is 4. The molecule has 0 radical (unpaired) electrons. The maximum absolute atomic E-state index is 11.3. The van der Waals surface area contributed by atoms with Crippen LogP contribution in [0.25, 0.3) is 0 Å². The summed E-state index contributed by atoms with van der Waals surface area (Å²) in [6.07, 6.45) is 6.23. The molecule has 180 valence electrons. The lowest BCUT2D eigenvalue weighted by atomic mass is 10.2. The van der Waals surface area contributed by atoms with Gasteiger partial charge in [-0.3, -0.25) is 9.59 Å². The zero-order valence-corrected chi connectivity index (χ0v) is 22.0. The van der Waals surface area contributed by atoms with Gasteiger partial charge in [-0.05, 0) is 31.3 Å². The molecule has 3 unspecified atom stereocenters. The number of hydrogen-bond acceptors (Lipinski definition) is 9. The molecule has 0 aliphatic carbocycles. The first-order chi connectivity index (χ1) is 14.7. The third-order valence-corrected chi connectivity index (χ3v) is 9.88. The van der Waals surface area contributed by atoms with Crippen LogP contribution in [0, 0.1) is 0 Å². The molecule has 0 fully saturated rings. The Hall–Kier alpha value is -0.370. The molecule has 13 heteroatoms. The largest absolute Gasteiger partial charge is 0.480 e. The van der Waals surface area contributed by atoms with E-state index < -0.39 is 24.0 Å². The number of hydrogen-bond donors (Lipinski definition) is 4. The molecule has 4 N–H and O–H groups in total. The number of rotatable bonds is 19. The van der Waals surface area contributed by atoms with Gasteiger partial charge >= 0.3 is 11.9 Å². The van der Waals surface area contributed by atoms with Crippen molar-refractivity contribution in [3.63, 3.8) is 0 Å². The molecule has 3 atom stereocenters. The van der Waals surface area contributed by atoms with E-state index in [-0.39, 0.29) is 17.6 Å². The van der Waals surface area contributed by atoms with Crippen LogP contribution in [0.4, 0.5) is 0 Å². The van der Waals surface area contributed by atoms with Gasteiger partial charge in [0.15, 0.2) is 0 Å². The molecule has 0 bridgehead atoms. The third-order valence-electron chi connectivity index (χ3n) is 3.76. The van der Waals surface area contributed by atoms with Crippen LogP contribution in [-0.2, 0) is 19.2 Å². The molecule has 2 amide bonds. The van der Waals surface area contributed by atoms with Crippen LogP contribution in [0.3, 0.4) is 0 Å². The first-order valence-corrected chi connectivity index (χ1v) is 15.9. The summed E-state index contributed by atoms with van der Waals surface area (Å²) in [7, 11) is 6.11. The van der Waals surface area contributed by atoms with Crippen LogP contribution in [0.2, 0.25) is 0 Å². The molecule has 0 saturated heterocycles. The lowest BCUT2D eigenvalue weighted by molar-refractivity contribution is -0.141. The normalized spacial score (nSPS) is 13.8. The second-order valence-corrected chi connectivity index (χ2v) is 12.9. The first kappa shape index (κ1) is 30.6. The SMILES string of the molecule is CSCCCCC(CCSSCC(NC(C)=O)C(=O)O)SSCC(NC(C)=O)C(=O)O. The number of amides is 2. The van der Waals surface area contributed by atoms with Gasteiger partial charge in [0, 0.05) is 36.4 Å². The van der Waals surface area contributed by atoms with E-state index in [0.29, 0.717) is 11.0 Å². The monoisotopic (exact) mass is 532 g/mol. The minimum Gasteiger partial charge on any atom is -0.480 e. The average Bonchev–Trinajstić information content (AvgIpc) is 2.67. The van der Waals surface area contributed by atoms with Gasteiger partial charge < -0.3 is 20.8 Å². The molecule has 0 heterocycles. The van der Waals surface area contributed by atoms with Gasteiger partial charge in [-0.25, -0.2) is 9.59 Å². The van der Waals surface area contributed by atoms with E-state index >= 15 is 0 Å².